The van der Waals surface area contributed by atoms with Gasteiger partial charge in [-0.2, -0.15) is 0 Å². The molecule has 0 aliphatic rings. The first-order valence-corrected chi connectivity index (χ1v) is 7.86. The molecule has 0 aliphatic heterocycles. The molecule has 4 nitrogen and oxygen atoms in total. The van der Waals surface area contributed by atoms with Crippen molar-refractivity contribution in [2.75, 3.05) is 12.4 Å². The molecule has 0 radical (unpaired) electrons. The van der Waals surface area contributed by atoms with Gasteiger partial charge in [0.05, 0.1) is 17.8 Å². The van der Waals surface area contributed by atoms with Crippen molar-refractivity contribution in [1.29, 1.82) is 0 Å². The molecule has 2 rings (SSSR count). The minimum absolute atomic E-state index is 0.303. The number of benzene rings is 2. The maximum absolute atomic E-state index is 12.4. The second-order valence-corrected chi connectivity index (χ2v) is 5.62. The summed E-state index contributed by atoms with van der Waals surface area (Å²) in [5.41, 5.74) is 0.450. The SMILES string of the molecule is CC[C@H](Oc1ccccc1OC)C(=O)Nc1cc(Cl)ccc1Cl. The molecule has 0 unspecified atom stereocenters. The van der Waals surface area contributed by atoms with Crippen molar-refractivity contribution in [2.45, 2.75) is 19.4 Å². The van der Waals surface area contributed by atoms with Gasteiger partial charge in [0.15, 0.2) is 17.6 Å². The van der Waals surface area contributed by atoms with Crippen LogP contribution < -0.4 is 14.8 Å². The number of hydrogen-bond donors (Lipinski definition) is 1. The van der Waals surface area contributed by atoms with Crippen LogP contribution >= 0.6 is 23.2 Å². The van der Waals surface area contributed by atoms with Gasteiger partial charge in [-0.05, 0) is 36.8 Å². The normalized spacial score (nSPS) is 11.7. The van der Waals surface area contributed by atoms with E-state index >= 15 is 0 Å². The lowest BCUT2D eigenvalue weighted by Gasteiger charge is -2.19. The van der Waals surface area contributed by atoms with E-state index in [1.807, 2.05) is 19.1 Å². The zero-order chi connectivity index (χ0) is 16.8. The van der Waals surface area contributed by atoms with E-state index in [4.69, 9.17) is 32.7 Å². The molecule has 23 heavy (non-hydrogen) atoms. The maximum atomic E-state index is 12.4. The Bertz CT molecular complexity index is 691. The van der Waals surface area contributed by atoms with Gasteiger partial charge in [0, 0.05) is 5.02 Å². The first-order valence-electron chi connectivity index (χ1n) is 7.10. The first-order chi connectivity index (χ1) is 11.0. The van der Waals surface area contributed by atoms with Crippen LogP contribution in [0.3, 0.4) is 0 Å². The highest BCUT2D eigenvalue weighted by molar-refractivity contribution is 6.35. The molecular weight excluding hydrogens is 337 g/mol. The predicted molar refractivity (Wildman–Crippen MR) is 92.8 cm³/mol. The maximum Gasteiger partial charge on any atom is 0.265 e. The van der Waals surface area contributed by atoms with Gasteiger partial charge in [-0.3, -0.25) is 4.79 Å². The monoisotopic (exact) mass is 353 g/mol. The second-order valence-electron chi connectivity index (χ2n) is 4.78. The molecule has 0 saturated heterocycles. The van der Waals surface area contributed by atoms with E-state index in [0.717, 1.165) is 0 Å². The molecule has 2 aromatic rings. The number of hydrogen-bond acceptors (Lipinski definition) is 3. The van der Waals surface area contributed by atoms with Crippen molar-refractivity contribution in [3.8, 4) is 11.5 Å². The Kier molecular flexibility index (Phi) is 6.13. The van der Waals surface area contributed by atoms with Crippen LogP contribution in [0, 0.1) is 0 Å². The number of nitrogens with one attached hydrogen (secondary N) is 1. The molecule has 0 saturated carbocycles. The quantitative estimate of drug-likeness (QED) is 0.811. The summed E-state index contributed by atoms with van der Waals surface area (Å²) in [5.74, 6) is 0.774. The molecule has 0 fully saturated rings. The summed E-state index contributed by atoms with van der Waals surface area (Å²) in [6.07, 6.45) is -0.191. The van der Waals surface area contributed by atoms with Crippen LogP contribution in [-0.2, 0) is 4.79 Å². The Balaban J connectivity index is 2.14. The predicted octanol–water partition coefficient (Wildman–Crippen LogP) is 4.80. The number of para-hydroxylation sites is 2. The topological polar surface area (TPSA) is 47.6 Å². The largest absolute Gasteiger partial charge is 0.493 e. The van der Waals surface area contributed by atoms with Gasteiger partial charge in [-0.25, -0.2) is 0 Å². The van der Waals surface area contributed by atoms with Crippen molar-refractivity contribution in [3.63, 3.8) is 0 Å². The van der Waals surface area contributed by atoms with Gasteiger partial charge in [-0.1, -0.05) is 42.3 Å². The average molecular weight is 354 g/mol. The second kappa shape index (κ2) is 8.09. The van der Waals surface area contributed by atoms with Crippen LogP contribution in [0.1, 0.15) is 13.3 Å². The zero-order valence-corrected chi connectivity index (χ0v) is 14.3. The lowest BCUT2D eigenvalue weighted by atomic mass is 10.2. The van der Waals surface area contributed by atoms with E-state index < -0.39 is 6.10 Å². The summed E-state index contributed by atoms with van der Waals surface area (Å²) in [4.78, 5) is 12.4. The lowest BCUT2D eigenvalue weighted by Crippen LogP contribution is -2.32. The lowest BCUT2D eigenvalue weighted by molar-refractivity contribution is -0.122. The fraction of sp³-hybridized carbons (Fsp3) is 0.235. The van der Waals surface area contributed by atoms with Crippen LogP contribution in [0.2, 0.25) is 10.0 Å². The number of carbonyl (C=O) groups excluding carboxylic acids is 1. The molecule has 1 atom stereocenters. The number of rotatable bonds is 6. The van der Waals surface area contributed by atoms with Gasteiger partial charge in [0.2, 0.25) is 0 Å². The molecule has 0 spiro atoms. The third-order valence-corrected chi connectivity index (χ3v) is 3.75. The number of carbonyl (C=O) groups is 1. The van der Waals surface area contributed by atoms with E-state index in [0.29, 0.717) is 33.7 Å². The standard InChI is InChI=1S/C17H17Cl2NO3/c1-3-14(23-16-7-5-4-6-15(16)22-2)17(21)20-13-10-11(18)8-9-12(13)19/h4-10,14H,3H2,1-2H3,(H,20,21)/t14-/m0/s1. The molecule has 0 aromatic heterocycles. The molecule has 122 valence electrons. The van der Waals surface area contributed by atoms with E-state index in [-0.39, 0.29) is 5.91 Å². The Morgan fingerprint density at radius 2 is 1.87 bits per heavy atom. The summed E-state index contributed by atoms with van der Waals surface area (Å²) >= 11 is 12.0. The average Bonchev–Trinajstić information content (AvgIpc) is 2.56. The first kappa shape index (κ1) is 17.4. The summed E-state index contributed by atoms with van der Waals surface area (Å²) in [5, 5.41) is 3.64. The minimum Gasteiger partial charge on any atom is -0.493 e. The Hall–Kier alpha value is -1.91. The zero-order valence-electron chi connectivity index (χ0n) is 12.8. The van der Waals surface area contributed by atoms with Gasteiger partial charge >= 0.3 is 0 Å². The number of amides is 1. The summed E-state index contributed by atoms with van der Waals surface area (Å²) in [6.45, 7) is 1.86. The Labute approximate surface area is 145 Å². The molecular formula is C17H17Cl2NO3. The van der Waals surface area contributed by atoms with Gasteiger partial charge in [0.1, 0.15) is 0 Å². The number of anilines is 1. The minimum atomic E-state index is -0.679. The summed E-state index contributed by atoms with van der Waals surface area (Å²) in [7, 11) is 1.55. The van der Waals surface area contributed by atoms with Gasteiger partial charge < -0.3 is 14.8 Å². The molecule has 0 heterocycles. The Morgan fingerprint density at radius 3 is 2.52 bits per heavy atom. The van der Waals surface area contributed by atoms with Crippen molar-refractivity contribution >= 4 is 34.8 Å². The molecule has 1 N–H and O–H groups in total. The van der Waals surface area contributed by atoms with Crippen molar-refractivity contribution in [1.82, 2.24) is 0 Å². The van der Waals surface area contributed by atoms with Crippen molar-refractivity contribution < 1.29 is 14.3 Å². The van der Waals surface area contributed by atoms with E-state index in [1.165, 1.54) is 0 Å². The smallest absolute Gasteiger partial charge is 0.265 e. The third-order valence-electron chi connectivity index (χ3n) is 3.19. The van der Waals surface area contributed by atoms with Crippen LogP contribution in [0.5, 0.6) is 11.5 Å². The van der Waals surface area contributed by atoms with Crippen LogP contribution in [0.4, 0.5) is 5.69 Å². The summed E-state index contributed by atoms with van der Waals surface area (Å²) < 4.78 is 11.0. The number of halogens is 2. The molecule has 0 bridgehead atoms. The highest BCUT2D eigenvalue weighted by Crippen LogP contribution is 2.29. The van der Waals surface area contributed by atoms with E-state index in [1.54, 1.807) is 37.4 Å². The highest BCUT2D eigenvalue weighted by atomic mass is 35.5. The van der Waals surface area contributed by atoms with E-state index in [9.17, 15) is 4.79 Å². The van der Waals surface area contributed by atoms with Crippen molar-refractivity contribution in [2.24, 2.45) is 0 Å². The fourth-order valence-electron chi connectivity index (χ4n) is 2.00. The highest BCUT2D eigenvalue weighted by Gasteiger charge is 2.21. The molecule has 0 aliphatic carbocycles. The van der Waals surface area contributed by atoms with Crippen LogP contribution in [0.25, 0.3) is 0 Å². The van der Waals surface area contributed by atoms with E-state index in [2.05, 4.69) is 5.32 Å². The van der Waals surface area contributed by atoms with Crippen molar-refractivity contribution in [3.05, 3.63) is 52.5 Å². The summed E-state index contributed by atoms with van der Waals surface area (Å²) in [6, 6.07) is 12.0. The fourth-order valence-corrected chi connectivity index (χ4v) is 2.34. The molecule has 1 amide bonds. The van der Waals surface area contributed by atoms with Crippen LogP contribution in [-0.4, -0.2) is 19.1 Å². The van der Waals surface area contributed by atoms with Crippen LogP contribution in [0.15, 0.2) is 42.5 Å². The molecule has 2 aromatic carbocycles. The van der Waals surface area contributed by atoms with Gasteiger partial charge in [-0.15, -0.1) is 0 Å². The number of ether oxygens (including phenoxy) is 2. The Morgan fingerprint density at radius 1 is 1.17 bits per heavy atom. The van der Waals surface area contributed by atoms with Gasteiger partial charge in [0.25, 0.3) is 5.91 Å². The third kappa shape index (κ3) is 4.53. The molecule has 6 heteroatoms. The number of methoxy groups -OCH3 is 1.